The van der Waals surface area contributed by atoms with Gasteiger partial charge >= 0.3 is 5.97 Å². The number of ether oxygens (including phenoxy) is 1. The summed E-state index contributed by atoms with van der Waals surface area (Å²) >= 11 is 0. The van der Waals surface area contributed by atoms with Crippen LogP contribution in [0.4, 0.5) is 0 Å². The number of carbonyl (C=O) groups excluding carboxylic acids is 2. The molecule has 0 radical (unpaired) electrons. The van der Waals surface area contributed by atoms with Crippen LogP contribution in [0.3, 0.4) is 0 Å². The first-order chi connectivity index (χ1) is 6.65. The van der Waals surface area contributed by atoms with Gasteiger partial charge in [-0.05, 0) is 19.9 Å². The molecule has 2 aliphatic rings. The number of rotatable bonds is 1. The lowest BCUT2D eigenvalue weighted by molar-refractivity contribution is -0.154. The van der Waals surface area contributed by atoms with Crippen molar-refractivity contribution in [1.29, 1.82) is 0 Å². The number of fused-ring (bicyclic) bond motifs is 2. The Labute approximate surface area is 83.2 Å². The lowest BCUT2D eigenvalue weighted by atomic mass is 9.89. The van der Waals surface area contributed by atoms with Crippen LogP contribution in [0.15, 0.2) is 0 Å². The van der Waals surface area contributed by atoms with Crippen molar-refractivity contribution >= 4 is 11.8 Å². The number of methoxy groups -OCH3 is 1. The third kappa shape index (κ3) is 1.25. The van der Waals surface area contributed by atoms with Crippen molar-refractivity contribution in [2.75, 3.05) is 14.2 Å². The maximum atomic E-state index is 11.7. The van der Waals surface area contributed by atoms with E-state index in [1.54, 1.807) is 0 Å². The molecule has 2 bridgehead atoms. The smallest absolute Gasteiger partial charge is 0.317 e. The predicted octanol–water partition coefficient (Wildman–Crippen LogP) is 0.211. The second-order valence-corrected chi connectivity index (χ2v) is 4.14. The van der Waals surface area contributed by atoms with Gasteiger partial charge in [0.1, 0.15) is 11.7 Å². The zero-order valence-corrected chi connectivity index (χ0v) is 8.53. The zero-order chi connectivity index (χ0) is 10.3. The van der Waals surface area contributed by atoms with Gasteiger partial charge in [-0.1, -0.05) is 0 Å². The van der Waals surface area contributed by atoms with E-state index in [0.29, 0.717) is 12.5 Å². The molecule has 0 aromatic carbocycles. The zero-order valence-electron chi connectivity index (χ0n) is 8.53. The standard InChI is InChI=1S/C10H15NO3/c1-11-6-3-4-7(11)9(8(12)5-6)10(13)14-2/h6-7,9H,3-5H2,1-2H3/t6-,7-,9-/m0/s1. The maximum Gasteiger partial charge on any atom is 0.317 e. The van der Waals surface area contributed by atoms with Crippen molar-refractivity contribution < 1.29 is 14.3 Å². The SMILES string of the molecule is COC(=O)[C@@H]1C(=O)C[C@@H]2CC[C@@H]1N2C. The summed E-state index contributed by atoms with van der Waals surface area (Å²) < 4.78 is 4.67. The summed E-state index contributed by atoms with van der Waals surface area (Å²) in [5.74, 6) is -0.849. The van der Waals surface area contributed by atoms with E-state index in [1.165, 1.54) is 7.11 Å². The molecular formula is C10H15NO3. The van der Waals surface area contributed by atoms with Gasteiger partial charge in [-0.25, -0.2) is 0 Å². The number of piperidine rings is 1. The van der Waals surface area contributed by atoms with Gasteiger partial charge in [-0.15, -0.1) is 0 Å². The second kappa shape index (κ2) is 3.35. The van der Waals surface area contributed by atoms with Gasteiger partial charge in [-0.3, -0.25) is 14.5 Å². The normalized spacial score (nSPS) is 37.3. The molecule has 78 valence electrons. The predicted molar refractivity (Wildman–Crippen MR) is 49.7 cm³/mol. The van der Waals surface area contributed by atoms with Crippen LogP contribution in [0.1, 0.15) is 19.3 Å². The number of Topliss-reactive ketones (excluding diaryl/α,β-unsaturated/α-hetero) is 1. The molecule has 0 spiro atoms. The molecule has 4 heteroatoms. The van der Waals surface area contributed by atoms with E-state index in [0.717, 1.165) is 12.8 Å². The highest BCUT2D eigenvalue weighted by molar-refractivity contribution is 6.00. The van der Waals surface area contributed by atoms with Crippen LogP contribution in [0.5, 0.6) is 0 Å². The van der Waals surface area contributed by atoms with Gasteiger partial charge in [0.15, 0.2) is 0 Å². The molecule has 2 saturated heterocycles. The van der Waals surface area contributed by atoms with Crippen molar-refractivity contribution in [2.24, 2.45) is 5.92 Å². The Kier molecular flexibility index (Phi) is 2.31. The summed E-state index contributed by atoms with van der Waals surface area (Å²) in [4.78, 5) is 25.3. The second-order valence-electron chi connectivity index (χ2n) is 4.14. The van der Waals surface area contributed by atoms with Crippen LogP contribution in [-0.2, 0) is 14.3 Å². The lowest BCUT2D eigenvalue weighted by Gasteiger charge is -2.34. The minimum absolute atomic E-state index is 0.0578. The van der Waals surface area contributed by atoms with E-state index in [1.807, 2.05) is 7.05 Å². The average Bonchev–Trinajstić information content (AvgIpc) is 2.42. The summed E-state index contributed by atoms with van der Waals surface area (Å²) in [5, 5.41) is 0. The molecule has 0 aliphatic carbocycles. The highest BCUT2D eigenvalue weighted by Gasteiger charge is 2.48. The summed E-state index contributed by atoms with van der Waals surface area (Å²) in [6.45, 7) is 0. The Bertz CT molecular complexity index is 277. The molecule has 4 nitrogen and oxygen atoms in total. The highest BCUT2D eigenvalue weighted by Crippen LogP contribution is 2.36. The van der Waals surface area contributed by atoms with E-state index in [-0.39, 0.29) is 17.8 Å². The Hall–Kier alpha value is -0.900. The van der Waals surface area contributed by atoms with Gasteiger partial charge in [0.05, 0.1) is 7.11 Å². The molecule has 3 atom stereocenters. The minimum Gasteiger partial charge on any atom is -0.468 e. The van der Waals surface area contributed by atoms with Crippen LogP contribution in [-0.4, -0.2) is 42.9 Å². The van der Waals surface area contributed by atoms with Gasteiger partial charge in [0.25, 0.3) is 0 Å². The number of nitrogens with zero attached hydrogens (tertiary/aromatic N) is 1. The van der Waals surface area contributed by atoms with Gasteiger partial charge in [-0.2, -0.15) is 0 Å². The highest BCUT2D eigenvalue weighted by atomic mass is 16.5. The molecular weight excluding hydrogens is 182 g/mol. The third-order valence-electron chi connectivity index (χ3n) is 3.52. The third-order valence-corrected chi connectivity index (χ3v) is 3.52. The van der Waals surface area contributed by atoms with E-state index < -0.39 is 5.92 Å². The molecule has 0 aromatic heterocycles. The molecule has 2 heterocycles. The molecule has 0 saturated carbocycles. The Balaban J connectivity index is 2.22. The topological polar surface area (TPSA) is 46.6 Å². The Morgan fingerprint density at radius 2 is 2.21 bits per heavy atom. The summed E-state index contributed by atoms with van der Waals surface area (Å²) in [6, 6.07) is 0.433. The fraction of sp³-hybridized carbons (Fsp3) is 0.800. The van der Waals surface area contributed by atoms with Gasteiger partial charge < -0.3 is 4.74 Å². The number of hydrogen-bond acceptors (Lipinski definition) is 4. The fourth-order valence-electron chi connectivity index (χ4n) is 2.68. The van der Waals surface area contributed by atoms with E-state index in [2.05, 4.69) is 9.64 Å². The van der Waals surface area contributed by atoms with Gasteiger partial charge in [0, 0.05) is 18.5 Å². The van der Waals surface area contributed by atoms with E-state index in [4.69, 9.17) is 0 Å². The van der Waals surface area contributed by atoms with Gasteiger partial charge in [0.2, 0.25) is 0 Å². The van der Waals surface area contributed by atoms with E-state index in [9.17, 15) is 9.59 Å². The van der Waals surface area contributed by atoms with Crippen LogP contribution >= 0.6 is 0 Å². The van der Waals surface area contributed by atoms with Crippen LogP contribution in [0.25, 0.3) is 0 Å². The van der Waals surface area contributed by atoms with Crippen LogP contribution in [0.2, 0.25) is 0 Å². The monoisotopic (exact) mass is 197 g/mol. The van der Waals surface area contributed by atoms with E-state index >= 15 is 0 Å². The Morgan fingerprint density at radius 1 is 1.50 bits per heavy atom. The Morgan fingerprint density at radius 3 is 2.86 bits per heavy atom. The van der Waals surface area contributed by atoms with Crippen molar-refractivity contribution in [3.63, 3.8) is 0 Å². The molecule has 14 heavy (non-hydrogen) atoms. The molecule has 0 amide bonds. The number of carbonyl (C=O) groups is 2. The molecule has 2 fully saturated rings. The molecule has 2 rings (SSSR count). The maximum absolute atomic E-state index is 11.7. The van der Waals surface area contributed by atoms with Crippen molar-refractivity contribution in [3.05, 3.63) is 0 Å². The summed E-state index contributed by atoms with van der Waals surface area (Å²) in [7, 11) is 3.33. The first kappa shape index (κ1) is 9.65. The number of hydrogen-bond donors (Lipinski definition) is 0. The quantitative estimate of drug-likeness (QED) is 0.445. The number of esters is 1. The molecule has 2 aliphatic heterocycles. The largest absolute Gasteiger partial charge is 0.468 e. The first-order valence-corrected chi connectivity index (χ1v) is 4.97. The molecule has 0 N–H and O–H groups in total. The number of ketones is 1. The molecule has 0 unspecified atom stereocenters. The fourth-order valence-corrected chi connectivity index (χ4v) is 2.68. The van der Waals surface area contributed by atoms with Crippen molar-refractivity contribution in [2.45, 2.75) is 31.3 Å². The lowest BCUT2D eigenvalue weighted by Crippen LogP contribution is -2.50. The van der Waals surface area contributed by atoms with Crippen molar-refractivity contribution in [1.82, 2.24) is 4.90 Å². The molecule has 0 aromatic rings. The van der Waals surface area contributed by atoms with Crippen molar-refractivity contribution in [3.8, 4) is 0 Å². The summed E-state index contributed by atoms with van der Waals surface area (Å²) in [6.07, 6.45) is 2.47. The van der Waals surface area contributed by atoms with Crippen LogP contribution < -0.4 is 0 Å². The summed E-state index contributed by atoms with van der Waals surface area (Å²) in [5.41, 5.74) is 0. The minimum atomic E-state index is -0.538. The van der Waals surface area contributed by atoms with Crippen LogP contribution in [0, 0.1) is 5.92 Å². The first-order valence-electron chi connectivity index (χ1n) is 4.97. The average molecular weight is 197 g/mol.